The summed E-state index contributed by atoms with van der Waals surface area (Å²) in [5, 5.41) is 14.4. The van der Waals surface area contributed by atoms with Crippen molar-refractivity contribution >= 4 is 29.3 Å². The predicted molar refractivity (Wildman–Crippen MR) is 131 cm³/mol. The summed E-state index contributed by atoms with van der Waals surface area (Å²) in [6.45, 7) is 8.35. The maximum absolute atomic E-state index is 12.0. The van der Waals surface area contributed by atoms with Crippen LogP contribution in [0.3, 0.4) is 0 Å². The van der Waals surface area contributed by atoms with Crippen LogP contribution in [0.1, 0.15) is 48.2 Å². The van der Waals surface area contributed by atoms with Crippen molar-refractivity contribution in [2.24, 2.45) is 5.73 Å². The highest BCUT2D eigenvalue weighted by Crippen LogP contribution is 2.29. The number of likely N-dealkylation sites (tertiary alicyclic amines) is 2. The summed E-state index contributed by atoms with van der Waals surface area (Å²) in [5.41, 5.74) is 7.56. The molecule has 4 rings (SSSR count). The molecule has 34 heavy (non-hydrogen) atoms. The first-order chi connectivity index (χ1) is 16.4. The third-order valence-electron chi connectivity index (χ3n) is 6.81. The van der Waals surface area contributed by atoms with Crippen molar-refractivity contribution < 1.29 is 9.59 Å². The quantitative estimate of drug-likeness (QED) is 0.531. The molecule has 180 valence electrons. The number of benzene rings is 1. The van der Waals surface area contributed by atoms with Crippen LogP contribution >= 0.6 is 0 Å². The Bertz CT molecular complexity index is 1050. The number of rotatable bonds is 7. The number of amides is 2. The van der Waals surface area contributed by atoms with Crippen LogP contribution in [0.2, 0.25) is 0 Å². The molecule has 0 spiro atoms. The Hall–Kier alpha value is -3.53. The second-order valence-corrected chi connectivity index (χ2v) is 9.04. The zero-order valence-electron chi connectivity index (χ0n) is 19.7. The van der Waals surface area contributed by atoms with Gasteiger partial charge in [-0.05, 0) is 76.0 Å². The molecule has 2 aromatic rings. The Balaban J connectivity index is 1.48. The molecule has 3 heterocycles. The standard InChI is InChI=1S/C24H32N8O2/c1-4-20(33)32-14-11-19(15(32)2)27-24-28-23(21(22(25)34)29-30-24)26-18-7-5-16(6-8-18)17-9-12-31(3)13-10-17/h4-8,15,17,19H,1,9-14H2,2-3H3,(H2,25,34)(H2,26,27,28,30)/t15-,19-/m1/s1. The highest BCUT2D eigenvalue weighted by atomic mass is 16.2. The van der Waals surface area contributed by atoms with Crippen LogP contribution in [0.25, 0.3) is 0 Å². The Labute approximate surface area is 199 Å². The van der Waals surface area contributed by atoms with E-state index < -0.39 is 5.91 Å². The van der Waals surface area contributed by atoms with E-state index in [1.165, 1.54) is 11.6 Å². The number of nitrogens with two attached hydrogens (primary N) is 1. The average molecular weight is 465 g/mol. The molecule has 2 aliphatic heterocycles. The van der Waals surface area contributed by atoms with Crippen LogP contribution < -0.4 is 16.4 Å². The van der Waals surface area contributed by atoms with Gasteiger partial charge in [-0.25, -0.2) is 0 Å². The van der Waals surface area contributed by atoms with E-state index in [1.807, 2.05) is 19.1 Å². The molecule has 0 unspecified atom stereocenters. The first-order valence-corrected chi connectivity index (χ1v) is 11.7. The number of anilines is 3. The van der Waals surface area contributed by atoms with Gasteiger partial charge in [-0.15, -0.1) is 10.2 Å². The van der Waals surface area contributed by atoms with Crippen molar-refractivity contribution in [1.29, 1.82) is 0 Å². The minimum absolute atomic E-state index is 0.0344. The van der Waals surface area contributed by atoms with E-state index in [9.17, 15) is 9.59 Å². The van der Waals surface area contributed by atoms with E-state index in [-0.39, 0.29) is 35.5 Å². The van der Waals surface area contributed by atoms with Gasteiger partial charge in [0.25, 0.3) is 5.91 Å². The molecule has 0 radical (unpaired) electrons. The lowest BCUT2D eigenvalue weighted by atomic mass is 9.89. The number of primary amides is 1. The lowest BCUT2D eigenvalue weighted by Gasteiger charge is -2.29. The fraction of sp³-hybridized carbons (Fsp3) is 0.458. The normalized spacial score (nSPS) is 21.3. The molecule has 2 amide bonds. The first-order valence-electron chi connectivity index (χ1n) is 11.7. The van der Waals surface area contributed by atoms with E-state index in [2.05, 4.69) is 56.5 Å². The molecule has 0 aliphatic carbocycles. The molecule has 1 aromatic heterocycles. The maximum Gasteiger partial charge on any atom is 0.273 e. The fourth-order valence-electron chi connectivity index (χ4n) is 4.68. The molecule has 10 nitrogen and oxygen atoms in total. The van der Waals surface area contributed by atoms with Gasteiger partial charge in [0, 0.05) is 18.3 Å². The van der Waals surface area contributed by atoms with Crippen molar-refractivity contribution in [3.05, 3.63) is 48.2 Å². The first kappa shape index (κ1) is 23.6. The van der Waals surface area contributed by atoms with Gasteiger partial charge >= 0.3 is 0 Å². The summed E-state index contributed by atoms with van der Waals surface area (Å²) in [6, 6.07) is 8.07. The van der Waals surface area contributed by atoms with Gasteiger partial charge < -0.3 is 26.2 Å². The number of nitrogens with zero attached hydrogens (tertiary/aromatic N) is 5. The predicted octanol–water partition coefficient (Wildman–Crippen LogP) is 2.11. The summed E-state index contributed by atoms with van der Waals surface area (Å²) in [5.74, 6) is 0.241. The van der Waals surface area contributed by atoms with Gasteiger partial charge in [-0.1, -0.05) is 18.7 Å². The van der Waals surface area contributed by atoms with Crippen molar-refractivity contribution in [2.45, 2.75) is 44.2 Å². The van der Waals surface area contributed by atoms with Crippen LogP contribution in [0, 0.1) is 0 Å². The van der Waals surface area contributed by atoms with Crippen LogP contribution in [0.15, 0.2) is 36.9 Å². The van der Waals surface area contributed by atoms with Crippen molar-refractivity contribution in [2.75, 3.05) is 37.3 Å². The second kappa shape index (κ2) is 10.2. The molecule has 2 aliphatic rings. The number of carbonyl (C=O) groups is 2. The molecule has 2 saturated heterocycles. The Morgan fingerprint density at radius 2 is 1.82 bits per heavy atom. The van der Waals surface area contributed by atoms with Gasteiger partial charge in [0.15, 0.2) is 11.5 Å². The highest BCUT2D eigenvalue weighted by molar-refractivity contribution is 5.96. The Morgan fingerprint density at radius 1 is 1.12 bits per heavy atom. The lowest BCUT2D eigenvalue weighted by Crippen LogP contribution is -2.39. The molecule has 1 aromatic carbocycles. The number of hydrogen-bond acceptors (Lipinski definition) is 8. The monoisotopic (exact) mass is 464 g/mol. The van der Waals surface area contributed by atoms with E-state index in [0.29, 0.717) is 12.5 Å². The van der Waals surface area contributed by atoms with Gasteiger partial charge in [-0.2, -0.15) is 4.98 Å². The van der Waals surface area contributed by atoms with Crippen molar-refractivity contribution in [3.63, 3.8) is 0 Å². The van der Waals surface area contributed by atoms with Crippen LogP contribution in [0.4, 0.5) is 17.5 Å². The largest absolute Gasteiger partial charge is 0.364 e. The van der Waals surface area contributed by atoms with Gasteiger partial charge in [0.05, 0.1) is 6.04 Å². The molecular formula is C24H32N8O2. The fourth-order valence-corrected chi connectivity index (χ4v) is 4.68. The second-order valence-electron chi connectivity index (χ2n) is 9.04. The lowest BCUT2D eigenvalue weighted by molar-refractivity contribution is -0.126. The molecule has 2 atom stereocenters. The molecule has 4 N–H and O–H groups in total. The van der Waals surface area contributed by atoms with Gasteiger partial charge in [0.1, 0.15) is 0 Å². The summed E-state index contributed by atoms with van der Waals surface area (Å²) in [7, 11) is 2.16. The molecular weight excluding hydrogens is 432 g/mol. The number of hydrogen-bond donors (Lipinski definition) is 3. The van der Waals surface area contributed by atoms with Crippen LogP contribution in [-0.2, 0) is 4.79 Å². The summed E-state index contributed by atoms with van der Waals surface area (Å²) in [4.78, 5) is 32.5. The summed E-state index contributed by atoms with van der Waals surface area (Å²) in [6.07, 6.45) is 4.35. The third-order valence-corrected chi connectivity index (χ3v) is 6.81. The van der Waals surface area contributed by atoms with Gasteiger partial charge in [-0.3, -0.25) is 9.59 Å². The molecule has 10 heteroatoms. The Morgan fingerprint density at radius 3 is 2.47 bits per heavy atom. The number of nitrogens with one attached hydrogen (secondary N) is 2. The Kier molecular flexibility index (Phi) is 7.06. The zero-order chi connectivity index (χ0) is 24.2. The summed E-state index contributed by atoms with van der Waals surface area (Å²) < 4.78 is 0. The van der Waals surface area contributed by atoms with E-state index in [0.717, 1.165) is 38.0 Å². The molecule has 0 bridgehead atoms. The summed E-state index contributed by atoms with van der Waals surface area (Å²) >= 11 is 0. The molecule has 2 fully saturated rings. The minimum Gasteiger partial charge on any atom is -0.364 e. The minimum atomic E-state index is -0.714. The van der Waals surface area contributed by atoms with Crippen molar-refractivity contribution in [1.82, 2.24) is 25.0 Å². The number of aromatic nitrogens is 3. The number of carbonyl (C=O) groups excluding carboxylic acids is 2. The smallest absolute Gasteiger partial charge is 0.273 e. The van der Waals surface area contributed by atoms with E-state index in [1.54, 1.807) is 4.90 Å². The zero-order valence-corrected chi connectivity index (χ0v) is 19.7. The van der Waals surface area contributed by atoms with Gasteiger partial charge in [0.2, 0.25) is 11.9 Å². The highest BCUT2D eigenvalue weighted by Gasteiger charge is 2.33. The molecule has 0 saturated carbocycles. The van der Waals surface area contributed by atoms with Crippen LogP contribution in [0.5, 0.6) is 0 Å². The SMILES string of the molecule is C=CC(=O)N1CC[C@@H](Nc2nnc(C(N)=O)c(Nc3ccc(C4CCN(C)CC4)cc3)n2)[C@H]1C. The van der Waals surface area contributed by atoms with E-state index >= 15 is 0 Å². The third kappa shape index (κ3) is 5.17. The van der Waals surface area contributed by atoms with E-state index in [4.69, 9.17) is 5.73 Å². The van der Waals surface area contributed by atoms with Crippen molar-refractivity contribution in [3.8, 4) is 0 Å². The average Bonchev–Trinajstić information content (AvgIpc) is 3.19. The topological polar surface area (TPSA) is 129 Å². The van der Waals surface area contributed by atoms with Crippen LogP contribution in [-0.4, -0.2) is 75.6 Å². The maximum atomic E-state index is 12.0. The number of piperidine rings is 1.